The highest BCUT2D eigenvalue weighted by atomic mass is 35.5. The number of benzene rings is 2. The molecule has 0 aliphatic carbocycles. The lowest BCUT2D eigenvalue weighted by Gasteiger charge is -2.25. The summed E-state index contributed by atoms with van der Waals surface area (Å²) in [6, 6.07) is 13.3. The van der Waals surface area contributed by atoms with Gasteiger partial charge in [-0.2, -0.15) is 0 Å². The molecule has 0 saturated carbocycles. The number of rotatable bonds is 4. The summed E-state index contributed by atoms with van der Waals surface area (Å²) < 4.78 is 5.16. The molecule has 1 unspecified atom stereocenters. The topological polar surface area (TPSA) is 66.8 Å². The van der Waals surface area contributed by atoms with Gasteiger partial charge < -0.3 is 9.84 Å². The third kappa shape index (κ3) is 3.62. The smallest absolute Gasteiger partial charge is 0.300 e. The van der Waals surface area contributed by atoms with Gasteiger partial charge >= 0.3 is 0 Å². The average Bonchev–Trinajstić information content (AvgIpc) is 3.37. The Morgan fingerprint density at radius 3 is 2.48 bits per heavy atom. The number of aliphatic hydroxyl groups is 1. The Balaban J connectivity index is 1.91. The summed E-state index contributed by atoms with van der Waals surface area (Å²) in [4.78, 5) is 28.5. The van der Waals surface area contributed by atoms with Crippen LogP contribution >= 0.6 is 22.9 Å². The van der Waals surface area contributed by atoms with Gasteiger partial charge in [-0.25, -0.2) is 0 Å². The van der Waals surface area contributed by atoms with Crippen LogP contribution in [0, 0.1) is 13.8 Å². The van der Waals surface area contributed by atoms with Crippen molar-refractivity contribution in [3.8, 4) is 5.75 Å². The van der Waals surface area contributed by atoms with E-state index in [-0.39, 0.29) is 11.3 Å². The molecular weight excluding hydrogens is 434 g/mol. The van der Waals surface area contributed by atoms with E-state index in [0.29, 0.717) is 22.0 Å². The van der Waals surface area contributed by atoms with E-state index in [1.165, 1.54) is 29.4 Å². The Morgan fingerprint density at radius 1 is 1.10 bits per heavy atom. The van der Waals surface area contributed by atoms with E-state index in [2.05, 4.69) is 0 Å². The number of thiophene rings is 1. The van der Waals surface area contributed by atoms with E-state index in [9.17, 15) is 14.7 Å². The Hall–Kier alpha value is -3.09. The summed E-state index contributed by atoms with van der Waals surface area (Å²) in [6.45, 7) is 3.94. The highest BCUT2D eigenvalue weighted by molar-refractivity contribution is 7.10. The summed E-state index contributed by atoms with van der Waals surface area (Å²) in [5.41, 5.74) is 3.07. The molecule has 1 N–H and O–H groups in total. The van der Waals surface area contributed by atoms with Gasteiger partial charge in [0.05, 0.1) is 17.7 Å². The normalized spacial score (nSPS) is 17.9. The average molecular weight is 454 g/mol. The second kappa shape index (κ2) is 8.21. The molecule has 0 radical (unpaired) electrons. The van der Waals surface area contributed by atoms with Crippen molar-refractivity contribution >= 4 is 46.1 Å². The van der Waals surface area contributed by atoms with E-state index in [4.69, 9.17) is 16.3 Å². The van der Waals surface area contributed by atoms with Gasteiger partial charge in [-0.1, -0.05) is 23.7 Å². The fourth-order valence-electron chi connectivity index (χ4n) is 3.66. The summed E-state index contributed by atoms with van der Waals surface area (Å²) in [5.74, 6) is -1.24. The molecule has 1 aliphatic rings. The monoisotopic (exact) mass is 453 g/mol. The number of methoxy groups -OCH3 is 1. The molecule has 2 aromatic carbocycles. The van der Waals surface area contributed by atoms with Gasteiger partial charge in [-0.05, 0) is 66.8 Å². The summed E-state index contributed by atoms with van der Waals surface area (Å²) in [6.07, 6.45) is 0. The Morgan fingerprint density at radius 2 is 1.87 bits per heavy atom. The number of nitrogens with zero attached hydrogens (tertiary/aromatic N) is 1. The maximum absolute atomic E-state index is 13.1. The fraction of sp³-hybridized carbons (Fsp3) is 0.167. The van der Waals surface area contributed by atoms with E-state index in [1.807, 2.05) is 49.6 Å². The molecule has 4 rings (SSSR count). The maximum Gasteiger partial charge on any atom is 0.300 e. The van der Waals surface area contributed by atoms with Crippen molar-refractivity contribution in [1.29, 1.82) is 0 Å². The predicted octanol–water partition coefficient (Wildman–Crippen LogP) is 5.65. The highest BCUT2D eigenvalue weighted by Gasteiger charge is 2.47. The molecule has 1 saturated heterocycles. The van der Waals surface area contributed by atoms with Crippen molar-refractivity contribution in [1.82, 2.24) is 0 Å². The SMILES string of the molecule is COc1ccc(/C(O)=C2/C(=O)C(=O)N(c3ccc(C)c(C)c3)C2c2cccs2)cc1Cl. The summed E-state index contributed by atoms with van der Waals surface area (Å²) in [5, 5.41) is 13.3. The first kappa shape index (κ1) is 21.2. The van der Waals surface area contributed by atoms with Crippen molar-refractivity contribution in [2.45, 2.75) is 19.9 Å². The second-order valence-electron chi connectivity index (χ2n) is 7.30. The van der Waals surface area contributed by atoms with Crippen LogP contribution in [-0.4, -0.2) is 23.9 Å². The number of hydrogen-bond acceptors (Lipinski definition) is 5. The van der Waals surface area contributed by atoms with Gasteiger partial charge in [-0.15, -0.1) is 11.3 Å². The van der Waals surface area contributed by atoms with Crippen LogP contribution in [0.5, 0.6) is 5.75 Å². The van der Waals surface area contributed by atoms with E-state index in [1.54, 1.807) is 12.1 Å². The third-order valence-corrected chi connectivity index (χ3v) is 6.67. The van der Waals surface area contributed by atoms with Crippen molar-refractivity contribution < 1.29 is 19.4 Å². The van der Waals surface area contributed by atoms with Crippen molar-refractivity contribution in [2.75, 3.05) is 12.0 Å². The lowest BCUT2D eigenvalue weighted by atomic mass is 9.99. The number of ether oxygens (including phenoxy) is 1. The second-order valence-corrected chi connectivity index (χ2v) is 8.69. The van der Waals surface area contributed by atoms with Crippen LogP contribution in [0.25, 0.3) is 5.76 Å². The molecule has 3 aromatic rings. The predicted molar refractivity (Wildman–Crippen MR) is 123 cm³/mol. The molecule has 1 aliphatic heterocycles. The molecule has 31 heavy (non-hydrogen) atoms. The van der Waals surface area contributed by atoms with Crippen molar-refractivity contribution in [2.24, 2.45) is 0 Å². The van der Waals surface area contributed by atoms with Gasteiger partial charge in [0.1, 0.15) is 17.6 Å². The van der Waals surface area contributed by atoms with Gasteiger partial charge in [0.15, 0.2) is 0 Å². The minimum Gasteiger partial charge on any atom is -0.507 e. The van der Waals surface area contributed by atoms with E-state index >= 15 is 0 Å². The van der Waals surface area contributed by atoms with Crippen LogP contribution < -0.4 is 9.64 Å². The lowest BCUT2D eigenvalue weighted by Crippen LogP contribution is -2.29. The molecule has 7 heteroatoms. The lowest BCUT2D eigenvalue weighted by molar-refractivity contribution is -0.132. The number of amides is 1. The number of Topliss-reactive ketones (excluding diaryl/α,β-unsaturated/α-hetero) is 1. The van der Waals surface area contributed by atoms with Gasteiger partial charge in [0.25, 0.3) is 11.7 Å². The molecule has 0 bridgehead atoms. The van der Waals surface area contributed by atoms with Gasteiger partial charge in [-0.3, -0.25) is 14.5 Å². The van der Waals surface area contributed by atoms with Crippen LogP contribution in [0.2, 0.25) is 5.02 Å². The van der Waals surface area contributed by atoms with Gasteiger partial charge in [0, 0.05) is 16.1 Å². The van der Waals surface area contributed by atoms with Crippen LogP contribution in [0.4, 0.5) is 5.69 Å². The Bertz CT molecular complexity index is 1220. The largest absolute Gasteiger partial charge is 0.507 e. The number of aryl methyl sites for hydroxylation is 2. The van der Waals surface area contributed by atoms with Crippen molar-refractivity contribution in [3.05, 3.63) is 86.1 Å². The summed E-state index contributed by atoms with van der Waals surface area (Å²) >= 11 is 7.64. The van der Waals surface area contributed by atoms with E-state index in [0.717, 1.165) is 16.0 Å². The molecule has 0 spiro atoms. The van der Waals surface area contributed by atoms with Crippen LogP contribution in [0.1, 0.15) is 27.6 Å². The number of carbonyl (C=O) groups excluding carboxylic acids is 2. The minimum atomic E-state index is -0.735. The molecule has 1 atom stereocenters. The molecular formula is C24H20ClNO4S. The molecule has 158 valence electrons. The summed E-state index contributed by atoms with van der Waals surface area (Å²) in [7, 11) is 1.49. The maximum atomic E-state index is 13.1. The van der Waals surface area contributed by atoms with Crippen LogP contribution in [-0.2, 0) is 9.59 Å². The minimum absolute atomic E-state index is 0.0342. The Kier molecular flexibility index (Phi) is 5.60. The first-order chi connectivity index (χ1) is 14.8. The number of aliphatic hydroxyl groups excluding tert-OH is 1. The molecule has 1 aromatic heterocycles. The first-order valence-corrected chi connectivity index (χ1v) is 10.8. The quantitative estimate of drug-likeness (QED) is 0.315. The third-order valence-electron chi connectivity index (χ3n) is 5.45. The fourth-order valence-corrected chi connectivity index (χ4v) is 4.74. The zero-order chi connectivity index (χ0) is 22.3. The molecule has 2 heterocycles. The zero-order valence-corrected chi connectivity index (χ0v) is 18.8. The van der Waals surface area contributed by atoms with Crippen LogP contribution in [0.3, 0.4) is 0 Å². The number of carbonyl (C=O) groups is 2. The van der Waals surface area contributed by atoms with E-state index < -0.39 is 17.7 Å². The highest BCUT2D eigenvalue weighted by Crippen LogP contribution is 2.44. The van der Waals surface area contributed by atoms with Gasteiger partial charge in [0.2, 0.25) is 0 Å². The number of anilines is 1. The van der Waals surface area contributed by atoms with Crippen LogP contribution in [0.15, 0.2) is 59.5 Å². The standard InChI is InChI=1S/C24H20ClNO4S/c1-13-6-8-16(11-14(13)2)26-21(19-5-4-10-31-19)20(23(28)24(26)29)22(27)15-7-9-18(30-3)17(25)12-15/h4-12,21,27H,1-3H3/b22-20-. The molecule has 1 fully saturated rings. The zero-order valence-electron chi connectivity index (χ0n) is 17.2. The first-order valence-electron chi connectivity index (χ1n) is 9.59. The molecule has 5 nitrogen and oxygen atoms in total. The number of ketones is 1. The molecule has 1 amide bonds. The van der Waals surface area contributed by atoms with Crippen molar-refractivity contribution in [3.63, 3.8) is 0 Å². The number of hydrogen-bond donors (Lipinski definition) is 1. The Labute approximate surface area is 189 Å². The number of halogens is 1.